The number of hydrogen-bond acceptors (Lipinski definition) is 9. The minimum absolute atomic E-state index is 0.0231. The van der Waals surface area contributed by atoms with E-state index in [9.17, 15) is 14.7 Å². The van der Waals surface area contributed by atoms with E-state index in [2.05, 4.69) is 38.0 Å². The first-order valence-electron chi connectivity index (χ1n) is 13.6. The lowest BCUT2D eigenvalue weighted by molar-refractivity contribution is -0.138. The van der Waals surface area contributed by atoms with Crippen LogP contribution in [0.5, 0.6) is 0 Å². The lowest BCUT2D eigenvalue weighted by Crippen LogP contribution is -2.45. The topological polar surface area (TPSA) is 142 Å². The first-order chi connectivity index (χ1) is 18.4. The van der Waals surface area contributed by atoms with Crippen LogP contribution in [0.25, 0.3) is 0 Å². The molecule has 2 aromatic heterocycles. The van der Waals surface area contributed by atoms with Gasteiger partial charge < -0.3 is 30.7 Å². The number of aliphatic carboxylic acids is 1. The number of amides is 1. The Hall–Kier alpha value is -3.63. The second-order valence-corrected chi connectivity index (χ2v) is 10.6. The van der Waals surface area contributed by atoms with Crippen LogP contribution >= 0.6 is 0 Å². The van der Waals surface area contributed by atoms with Crippen LogP contribution < -0.4 is 20.9 Å². The summed E-state index contributed by atoms with van der Waals surface area (Å²) in [6.45, 7) is 6.75. The zero-order valence-electron chi connectivity index (χ0n) is 22.1. The highest BCUT2D eigenvalue weighted by Gasteiger charge is 2.27. The van der Waals surface area contributed by atoms with Crippen LogP contribution in [0.2, 0.25) is 0 Å². The number of ether oxygens (including phenoxy) is 1. The third-order valence-electron chi connectivity index (χ3n) is 7.57. The molecule has 2 aromatic rings. The maximum atomic E-state index is 12.0. The van der Waals surface area contributed by atoms with Gasteiger partial charge in [0.1, 0.15) is 29.3 Å². The Morgan fingerprint density at radius 1 is 1.16 bits per heavy atom. The summed E-state index contributed by atoms with van der Waals surface area (Å²) in [4.78, 5) is 40.2. The van der Waals surface area contributed by atoms with E-state index in [4.69, 9.17) is 14.7 Å². The van der Waals surface area contributed by atoms with Gasteiger partial charge in [0.2, 0.25) is 0 Å². The minimum Gasteiger partial charge on any atom is -0.480 e. The number of carbonyl (C=O) groups excluding carboxylic acids is 1. The van der Waals surface area contributed by atoms with Crippen LogP contribution in [-0.2, 0) is 16.0 Å². The van der Waals surface area contributed by atoms with Gasteiger partial charge in [-0.2, -0.15) is 0 Å². The number of piperidine rings is 1. The van der Waals surface area contributed by atoms with E-state index in [1.807, 2.05) is 13.8 Å². The lowest BCUT2D eigenvalue weighted by atomic mass is 9.92. The van der Waals surface area contributed by atoms with E-state index in [-0.39, 0.29) is 6.54 Å². The Balaban J connectivity index is 1.20. The fourth-order valence-electron chi connectivity index (χ4n) is 5.11. The average Bonchev–Trinajstić information content (AvgIpc) is 3.76. The molecule has 1 saturated carbocycles. The number of alkyl carbamates (subject to hydrolysis) is 1. The number of nitrogens with one attached hydrogen (secondary N) is 3. The van der Waals surface area contributed by atoms with Crippen molar-refractivity contribution in [2.45, 2.75) is 64.3 Å². The third kappa shape index (κ3) is 6.25. The molecule has 38 heavy (non-hydrogen) atoms. The largest absolute Gasteiger partial charge is 0.480 e. The number of aryl methyl sites for hydroxylation is 2. The zero-order chi connectivity index (χ0) is 26.6. The van der Waals surface area contributed by atoms with Crippen LogP contribution in [0.1, 0.15) is 60.7 Å². The fraction of sp³-hybridized carbons (Fsp3) is 0.593. The van der Waals surface area contributed by atoms with Crippen LogP contribution in [0.4, 0.5) is 22.2 Å². The third-order valence-corrected chi connectivity index (χ3v) is 7.57. The van der Waals surface area contributed by atoms with Crippen molar-refractivity contribution in [2.75, 3.05) is 48.3 Å². The van der Waals surface area contributed by atoms with Crippen molar-refractivity contribution in [1.82, 2.24) is 20.3 Å². The summed E-state index contributed by atoms with van der Waals surface area (Å²) in [6, 6.07) is 3.26. The van der Waals surface area contributed by atoms with Crippen molar-refractivity contribution >= 4 is 29.5 Å². The molecule has 0 aromatic carbocycles. The Kier molecular flexibility index (Phi) is 7.80. The molecule has 5 rings (SSSR count). The van der Waals surface area contributed by atoms with Crippen LogP contribution in [0, 0.1) is 19.8 Å². The van der Waals surface area contributed by atoms with Crippen LogP contribution in [0.3, 0.4) is 0 Å². The van der Waals surface area contributed by atoms with Gasteiger partial charge in [-0.15, -0.1) is 0 Å². The first-order valence-corrected chi connectivity index (χ1v) is 13.6. The highest BCUT2D eigenvalue weighted by molar-refractivity contribution is 5.80. The number of anilines is 3. The van der Waals surface area contributed by atoms with Gasteiger partial charge in [0.15, 0.2) is 0 Å². The first kappa shape index (κ1) is 26.0. The van der Waals surface area contributed by atoms with Gasteiger partial charge in [-0.25, -0.2) is 24.5 Å². The highest BCUT2D eigenvalue weighted by Crippen LogP contribution is 2.33. The van der Waals surface area contributed by atoms with Gasteiger partial charge in [0, 0.05) is 43.4 Å². The molecule has 3 aliphatic rings. The maximum absolute atomic E-state index is 12.0. The van der Waals surface area contributed by atoms with Crippen molar-refractivity contribution in [3.05, 3.63) is 34.8 Å². The standard InChI is InChI=1S/C27H37N7O4/c1-16-23(29-14-22(26(35)36)33-27(37)38-15-18-5-6-18)30-17(2)31-25(16)34-12-9-19(10-13-34)21-8-7-20-4-3-11-28-24(20)32-21/h7-8,18-19,22H,3-6,9-15H2,1-2H3,(H,28,32)(H,33,37)(H,35,36)(H,29,30,31)/t22-/m0/s1. The molecule has 1 aliphatic carbocycles. The van der Waals surface area contributed by atoms with E-state index >= 15 is 0 Å². The molecule has 2 aliphatic heterocycles. The summed E-state index contributed by atoms with van der Waals surface area (Å²) >= 11 is 0. The molecule has 0 radical (unpaired) electrons. The maximum Gasteiger partial charge on any atom is 0.407 e. The quantitative estimate of drug-likeness (QED) is 0.387. The molecule has 0 bridgehead atoms. The van der Waals surface area contributed by atoms with Gasteiger partial charge in [0.05, 0.1) is 6.61 Å². The number of hydrogen-bond donors (Lipinski definition) is 4. The van der Waals surface area contributed by atoms with Crippen LogP contribution in [0.15, 0.2) is 12.1 Å². The number of aromatic nitrogens is 3. The SMILES string of the molecule is Cc1nc(NC[C@H](NC(=O)OCC2CC2)C(=O)O)c(C)c(N2CCC(c3ccc4c(n3)NCCC4)CC2)n1. The normalized spacial score (nSPS) is 18.2. The van der Waals surface area contributed by atoms with E-state index in [1.165, 1.54) is 5.56 Å². The van der Waals surface area contributed by atoms with Crippen molar-refractivity contribution in [2.24, 2.45) is 5.92 Å². The van der Waals surface area contributed by atoms with Gasteiger partial charge >= 0.3 is 12.1 Å². The Labute approximate surface area is 222 Å². The number of carboxylic acids is 1. The van der Waals surface area contributed by atoms with Gasteiger partial charge in [-0.05, 0) is 69.9 Å². The van der Waals surface area contributed by atoms with E-state index in [0.29, 0.717) is 30.1 Å². The molecule has 11 nitrogen and oxygen atoms in total. The fourth-order valence-corrected chi connectivity index (χ4v) is 5.11. The summed E-state index contributed by atoms with van der Waals surface area (Å²) in [5, 5.41) is 18.6. The van der Waals surface area contributed by atoms with E-state index < -0.39 is 18.1 Å². The highest BCUT2D eigenvalue weighted by atomic mass is 16.5. The van der Waals surface area contributed by atoms with Crippen LogP contribution in [-0.4, -0.2) is 70.9 Å². The van der Waals surface area contributed by atoms with Gasteiger partial charge in [-0.1, -0.05) is 6.07 Å². The summed E-state index contributed by atoms with van der Waals surface area (Å²) in [7, 11) is 0. The molecular formula is C27H37N7O4. The number of carboxylic acid groups (broad SMARTS) is 1. The summed E-state index contributed by atoms with van der Waals surface area (Å²) in [5.74, 6) is 2.73. The van der Waals surface area contributed by atoms with Crippen molar-refractivity contribution in [3.63, 3.8) is 0 Å². The smallest absolute Gasteiger partial charge is 0.407 e. The molecule has 0 unspecified atom stereocenters. The number of carbonyl (C=O) groups is 2. The van der Waals surface area contributed by atoms with Crippen molar-refractivity contribution in [3.8, 4) is 0 Å². The Morgan fingerprint density at radius 3 is 2.68 bits per heavy atom. The molecule has 1 saturated heterocycles. The Bertz CT molecular complexity index is 1180. The number of pyridine rings is 1. The van der Waals surface area contributed by atoms with E-state index in [1.54, 1.807) is 0 Å². The number of rotatable bonds is 9. The van der Waals surface area contributed by atoms with Crippen molar-refractivity contribution < 1.29 is 19.4 Å². The molecule has 1 atom stereocenters. The number of fused-ring (bicyclic) bond motifs is 1. The monoisotopic (exact) mass is 523 g/mol. The molecule has 1 amide bonds. The second kappa shape index (κ2) is 11.4. The molecular weight excluding hydrogens is 486 g/mol. The minimum atomic E-state index is -1.14. The van der Waals surface area contributed by atoms with E-state index in [0.717, 1.165) is 81.1 Å². The molecule has 4 heterocycles. The lowest BCUT2D eigenvalue weighted by Gasteiger charge is -2.34. The predicted molar refractivity (Wildman–Crippen MR) is 144 cm³/mol. The molecule has 0 spiro atoms. The van der Waals surface area contributed by atoms with Gasteiger partial charge in [-0.3, -0.25) is 0 Å². The molecule has 204 valence electrons. The summed E-state index contributed by atoms with van der Waals surface area (Å²) in [6.07, 6.45) is 5.58. The number of nitrogens with zero attached hydrogens (tertiary/aromatic N) is 4. The Morgan fingerprint density at radius 2 is 1.95 bits per heavy atom. The van der Waals surface area contributed by atoms with Gasteiger partial charge in [0.25, 0.3) is 0 Å². The zero-order valence-corrected chi connectivity index (χ0v) is 22.1. The van der Waals surface area contributed by atoms with Crippen molar-refractivity contribution in [1.29, 1.82) is 0 Å². The summed E-state index contributed by atoms with van der Waals surface area (Å²) < 4.78 is 5.13. The predicted octanol–water partition coefficient (Wildman–Crippen LogP) is 3.23. The second-order valence-electron chi connectivity index (χ2n) is 10.6. The molecule has 2 fully saturated rings. The molecule has 11 heteroatoms. The average molecular weight is 524 g/mol. The molecule has 4 N–H and O–H groups in total. The summed E-state index contributed by atoms with van der Waals surface area (Å²) in [5.41, 5.74) is 3.31.